The van der Waals surface area contributed by atoms with Crippen molar-refractivity contribution in [3.8, 4) is 11.5 Å². The quantitative estimate of drug-likeness (QED) is 0.435. The molecule has 33 heavy (non-hydrogen) atoms. The lowest BCUT2D eigenvalue weighted by Gasteiger charge is -2.27. The summed E-state index contributed by atoms with van der Waals surface area (Å²) in [5.41, 5.74) is 3.57. The van der Waals surface area contributed by atoms with Crippen molar-refractivity contribution in [3.63, 3.8) is 0 Å². The summed E-state index contributed by atoms with van der Waals surface area (Å²) in [6.07, 6.45) is 2.57. The van der Waals surface area contributed by atoms with Crippen LogP contribution in [-0.4, -0.2) is 57.2 Å². The van der Waals surface area contributed by atoms with Gasteiger partial charge in [-0.2, -0.15) is 0 Å². The standard InChI is InChI=1S/C27H36FNO4/c1-19(22-8-10-23(28)11-9-22)6-5-7-24-25(31-4)18-20(2)26(21(3)30)27(24)33-17-14-29-12-15-32-16-13-29/h8-11,18-19H,5-7,12-17H2,1-4H3. The van der Waals surface area contributed by atoms with E-state index in [1.165, 1.54) is 12.1 Å². The van der Waals surface area contributed by atoms with Gasteiger partial charge in [0, 0.05) is 25.2 Å². The molecule has 1 aliphatic heterocycles. The number of aryl methyl sites for hydroxylation is 1. The van der Waals surface area contributed by atoms with Gasteiger partial charge < -0.3 is 14.2 Å². The largest absolute Gasteiger partial charge is 0.496 e. The van der Waals surface area contributed by atoms with Gasteiger partial charge in [-0.15, -0.1) is 0 Å². The lowest BCUT2D eigenvalue weighted by Crippen LogP contribution is -2.38. The molecule has 0 aromatic heterocycles. The molecule has 3 rings (SSSR count). The Balaban J connectivity index is 1.75. The van der Waals surface area contributed by atoms with E-state index in [0.717, 1.165) is 74.6 Å². The number of ketones is 1. The Morgan fingerprint density at radius 3 is 2.55 bits per heavy atom. The Labute approximate surface area is 196 Å². The van der Waals surface area contributed by atoms with E-state index in [1.807, 2.05) is 25.1 Å². The molecule has 5 nitrogen and oxygen atoms in total. The fourth-order valence-electron chi connectivity index (χ4n) is 4.46. The number of rotatable bonds is 11. The first-order valence-electron chi connectivity index (χ1n) is 11.8. The Morgan fingerprint density at radius 2 is 1.91 bits per heavy atom. The van der Waals surface area contributed by atoms with Crippen LogP contribution in [-0.2, 0) is 11.2 Å². The summed E-state index contributed by atoms with van der Waals surface area (Å²) in [5, 5.41) is 0. The number of ether oxygens (including phenoxy) is 3. The van der Waals surface area contributed by atoms with Crippen LogP contribution in [0.25, 0.3) is 0 Å². The molecular weight excluding hydrogens is 421 g/mol. The van der Waals surface area contributed by atoms with Gasteiger partial charge in [0.1, 0.15) is 23.9 Å². The number of carbonyl (C=O) groups excluding carboxylic acids is 1. The summed E-state index contributed by atoms with van der Waals surface area (Å²) in [5.74, 6) is 1.50. The zero-order chi connectivity index (χ0) is 23.8. The highest BCUT2D eigenvalue weighted by Gasteiger charge is 2.22. The Kier molecular flexibility index (Phi) is 9.27. The molecule has 6 heteroatoms. The van der Waals surface area contributed by atoms with Crippen molar-refractivity contribution in [1.29, 1.82) is 0 Å². The van der Waals surface area contributed by atoms with Gasteiger partial charge in [0.15, 0.2) is 5.78 Å². The predicted octanol–water partition coefficient (Wildman–Crippen LogP) is 5.18. The number of nitrogens with zero attached hydrogens (tertiary/aromatic N) is 1. The normalized spacial score (nSPS) is 15.3. The summed E-state index contributed by atoms with van der Waals surface area (Å²) >= 11 is 0. The third-order valence-corrected chi connectivity index (χ3v) is 6.37. The smallest absolute Gasteiger partial charge is 0.163 e. The topological polar surface area (TPSA) is 48.0 Å². The zero-order valence-corrected chi connectivity index (χ0v) is 20.3. The Morgan fingerprint density at radius 1 is 1.21 bits per heavy atom. The van der Waals surface area contributed by atoms with Crippen molar-refractivity contribution in [2.75, 3.05) is 46.6 Å². The van der Waals surface area contributed by atoms with Crippen LogP contribution in [0.15, 0.2) is 30.3 Å². The highest BCUT2D eigenvalue weighted by molar-refractivity contribution is 5.99. The van der Waals surface area contributed by atoms with Gasteiger partial charge in [0.05, 0.1) is 25.9 Å². The van der Waals surface area contributed by atoms with Gasteiger partial charge in [-0.1, -0.05) is 19.1 Å². The van der Waals surface area contributed by atoms with Crippen LogP contribution in [0.2, 0.25) is 0 Å². The Bertz CT molecular complexity index is 923. The molecule has 180 valence electrons. The number of hydrogen-bond donors (Lipinski definition) is 0. The molecule has 0 aliphatic carbocycles. The summed E-state index contributed by atoms with van der Waals surface area (Å²) in [6, 6.07) is 8.65. The van der Waals surface area contributed by atoms with Crippen LogP contribution in [0, 0.1) is 12.7 Å². The number of methoxy groups -OCH3 is 1. The van der Waals surface area contributed by atoms with Gasteiger partial charge in [-0.3, -0.25) is 9.69 Å². The molecule has 0 spiro atoms. The number of halogens is 1. The number of carbonyl (C=O) groups is 1. The molecule has 1 fully saturated rings. The minimum Gasteiger partial charge on any atom is -0.496 e. The van der Waals surface area contributed by atoms with E-state index < -0.39 is 0 Å². The number of morpholine rings is 1. The molecule has 0 N–H and O–H groups in total. The van der Waals surface area contributed by atoms with Crippen molar-refractivity contribution in [1.82, 2.24) is 4.90 Å². The molecule has 2 aromatic rings. The van der Waals surface area contributed by atoms with Crippen molar-refractivity contribution >= 4 is 5.78 Å². The molecule has 1 unspecified atom stereocenters. The minimum absolute atomic E-state index is 0.00236. The van der Waals surface area contributed by atoms with Crippen LogP contribution < -0.4 is 9.47 Å². The molecule has 0 saturated carbocycles. The summed E-state index contributed by atoms with van der Waals surface area (Å²) in [4.78, 5) is 14.8. The highest BCUT2D eigenvalue weighted by Crippen LogP contribution is 2.37. The lowest BCUT2D eigenvalue weighted by atomic mass is 9.92. The minimum atomic E-state index is -0.217. The maximum Gasteiger partial charge on any atom is 0.163 e. The van der Waals surface area contributed by atoms with Gasteiger partial charge in [0.2, 0.25) is 0 Å². The molecule has 1 heterocycles. The first-order valence-corrected chi connectivity index (χ1v) is 11.8. The average molecular weight is 458 g/mol. The lowest BCUT2D eigenvalue weighted by molar-refractivity contribution is 0.0321. The van der Waals surface area contributed by atoms with E-state index in [0.29, 0.717) is 23.8 Å². The highest BCUT2D eigenvalue weighted by atomic mass is 19.1. The summed E-state index contributed by atoms with van der Waals surface area (Å²) in [7, 11) is 1.66. The third-order valence-electron chi connectivity index (χ3n) is 6.37. The second-order valence-electron chi connectivity index (χ2n) is 8.78. The molecular formula is C27H36FNO4. The van der Waals surface area contributed by atoms with Crippen LogP contribution in [0.4, 0.5) is 4.39 Å². The van der Waals surface area contributed by atoms with Gasteiger partial charge in [0.25, 0.3) is 0 Å². The first-order chi connectivity index (χ1) is 15.9. The molecule has 0 bridgehead atoms. The molecule has 0 amide bonds. The van der Waals surface area contributed by atoms with Crippen LogP contribution in [0.3, 0.4) is 0 Å². The van der Waals surface area contributed by atoms with Gasteiger partial charge >= 0.3 is 0 Å². The second kappa shape index (κ2) is 12.1. The maximum absolute atomic E-state index is 13.2. The van der Waals surface area contributed by atoms with Crippen LogP contribution in [0.1, 0.15) is 59.7 Å². The van der Waals surface area contributed by atoms with Crippen molar-refractivity contribution < 1.29 is 23.4 Å². The summed E-state index contributed by atoms with van der Waals surface area (Å²) in [6.45, 7) is 10.2. The zero-order valence-electron chi connectivity index (χ0n) is 20.3. The van der Waals surface area contributed by atoms with E-state index >= 15 is 0 Å². The molecule has 2 aromatic carbocycles. The van der Waals surface area contributed by atoms with E-state index in [2.05, 4.69) is 11.8 Å². The maximum atomic E-state index is 13.2. The molecule has 0 radical (unpaired) electrons. The first kappa shape index (κ1) is 25.2. The second-order valence-corrected chi connectivity index (χ2v) is 8.78. The number of benzene rings is 2. The summed E-state index contributed by atoms with van der Waals surface area (Å²) < 4.78 is 30.6. The fraction of sp³-hybridized carbons (Fsp3) is 0.519. The predicted molar refractivity (Wildman–Crippen MR) is 128 cm³/mol. The average Bonchev–Trinajstić information content (AvgIpc) is 2.80. The van der Waals surface area contributed by atoms with E-state index in [4.69, 9.17) is 14.2 Å². The van der Waals surface area contributed by atoms with Gasteiger partial charge in [-0.25, -0.2) is 4.39 Å². The van der Waals surface area contributed by atoms with Crippen molar-refractivity contribution in [3.05, 3.63) is 58.4 Å². The van der Waals surface area contributed by atoms with E-state index in [1.54, 1.807) is 14.0 Å². The van der Waals surface area contributed by atoms with E-state index in [-0.39, 0.29) is 11.6 Å². The van der Waals surface area contributed by atoms with Crippen LogP contribution >= 0.6 is 0 Å². The third kappa shape index (κ3) is 6.78. The Hall–Kier alpha value is -2.44. The monoisotopic (exact) mass is 457 g/mol. The number of hydrogen-bond acceptors (Lipinski definition) is 5. The van der Waals surface area contributed by atoms with E-state index in [9.17, 15) is 9.18 Å². The molecule has 1 saturated heterocycles. The number of Topliss-reactive ketones (excluding diaryl/α,β-unsaturated/α-hetero) is 1. The van der Waals surface area contributed by atoms with Crippen molar-refractivity contribution in [2.24, 2.45) is 0 Å². The SMILES string of the molecule is COc1cc(C)c(C(C)=O)c(OCCN2CCOCC2)c1CCCC(C)c1ccc(F)cc1. The van der Waals surface area contributed by atoms with Gasteiger partial charge in [-0.05, 0) is 68.4 Å². The van der Waals surface area contributed by atoms with Crippen LogP contribution in [0.5, 0.6) is 11.5 Å². The molecule has 1 aliphatic rings. The fourth-order valence-corrected chi connectivity index (χ4v) is 4.46. The molecule has 1 atom stereocenters. The van der Waals surface area contributed by atoms with Crippen molar-refractivity contribution in [2.45, 2.75) is 46.0 Å².